The molecule has 9 heteroatoms. The summed E-state index contributed by atoms with van der Waals surface area (Å²) in [4.78, 5) is 24.1. The van der Waals surface area contributed by atoms with Crippen LogP contribution in [0, 0.1) is 25.6 Å². The first-order valence-corrected chi connectivity index (χ1v) is 11.5. The van der Waals surface area contributed by atoms with Crippen molar-refractivity contribution in [1.29, 1.82) is 0 Å². The van der Waals surface area contributed by atoms with Crippen molar-refractivity contribution >= 4 is 33.2 Å². The summed E-state index contributed by atoms with van der Waals surface area (Å²) in [5.74, 6) is -1.73. The lowest BCUT2D eigenvalue weighted by Crippen LogP contribution is -2.41. The molecule has 0 spiro atoms. The van der Waals surface area contributed by atoms with Gasteiger partial charge < -0.3 is 10.6 Å². The van der Waals surface area contributed by atoms with Crippen molar-refractivity contribution in [3.8, 4) is 0 Å². The van der Waals surface area contributed by atoms with Crippen LogP contribution < -0.4 is 10.6 Å². The average molecular weight is 448 g/mol. The number of piperidine rings is 1. The Hall–Kier alpha value is -2.78. The second-order valence-electron chi connectivity index (χ2n) is 7.79. The Labute approximate surface area is 181 Å². The number of halogens is 1. The molecule has 0 saturated carbocycles. The lowest BCUT2D eigenvalue weighted by molar-refractivity contribution is -0.121. The van der Waals surface area contributed by atoms with E-state index >= 15 is 0 Å². The van der Waals surface area contributed by atoms with Gasteiger partial charge in [0.1, 0.15) is 5.82 Å². The lowest BCUT2D eigenvalue weighted by atomic mass is 9.97. The van der Waals surface area contributed by atoms with Crippen LogP contribution in [-0.4, -0.2) is 37.6 Å². The summed E-state index contributed by atoms with van der Waals surface area (Å²) in [7, 11) is -3.63. The van der Waals surface area contributed by atoms with Gasteiger partial charge in [0, 0.05) is 31.6 Å². The number of nitrogens with one attached hydrogen (secondary N) is 2. The van der Waals surface area contributed by atoms with E-state index in [9.17, 15) is 22.4 Å². The molecule has 0 bridgehead atoms. The minimum atomic E-state index is -3.63. The number of hydrogen-bond donors (Lipinski definition) is 2. The largest absolute Gasteiger partial charge is 0.326 e. The van der Waals surface area contributed by atoms with E-state index < -0.39 is 21.8 Å². The highest BCUT2D eigenvalue weighted by Gasteiger charge is 2.32. The van der Waals surface area contributed by atoms with E-state index in [-0.39, 0.29) is 35.5 Å². The first kappa shape index (κ1) is 22.9. The van der Waals surface area contributed by atoms with E-state index in [0.29, 0.717) is 18.5 Å². The van der Waals surface area contributed by atoms with Gasteiger partial charge in [-0.15, -0.1) is 0 Å². The van der Waals surface area contributed by atoms with Crippen LogP contribution in [0.15, 0.2) is 41.3 Å². The summed E-state index contributed by atoms with van der Waals surface area (Å²) in [5, 5.41) is 5.10. The van der Waals surface area contributed by atoms with Crippen LogP contribution in [0.1, 0.15) is 30.9 Å². The quantitative estimate of drug-likeness (QED) is 0.734. The molecule has 2 amide bonds. The smallest absolute Gasteiger partial charge is 0.243 e. The second kappa shape index (κ2) is 9.15. The van der Waals surface area contributed by atoms with Gasteiger partial charge in [-0.1, -0.05) is 6.07 Å². The molecular weight excluding hydrogens is 421 g/mol. The highest BCUT2D eigenvalue weighted by atomic mass is 32.2. The van der Waals surface area contributed by atoms with Crippen molar-refractivity contribution in [3.05, 3.63) is 53.3 Å². The fourth-order valence-electron chi connectivity index (χ4n) is 3.52. The Bertz CT molecular complexity index is 1110. The van der Waals surface area contributed by atoms with Gasteiger partial charge in [0.15, 0.2) is 0 Å². The molecule has 0 unspecified atom stereocenters. The van der Waals surface area contributed by atoms with E-state index in [4.69, 9.17) is 0 Å². The van der Waals surface area contributed by atoms with E-state index in [1.165, 1.54) is 29.4 Å². The molecule has 2 aromatic carbocycles. The van der Waals surface area contributed by atoms with Gasteiger partial charge in [0.25, 0.3) is 0 Å². The fourth-order valence-corrected chi connectivity index (χ4v) is 5.07. The number of rotatable bonds is 5. The summed E-state index contributed by atoms with van der Waals surface area (Å²) in [6.45, 7) is 5.54. The molecule has 0 aromatic heterocycles. The lowest BCUT2D eigenvalue weighted by Gasteiger charge is -2.30. The number of hydrogen-bond acceptors (Lipinski definition) is 4. The number of benzene rings is 2. The molecular formula is C22H26FN3O4S. The number of carbonyl (C=O) groups is 2. The van der Waals surface area contributed by atoms with Gasteiger partial charge in [-0.05, 0) is 68.1 Å². The van der Waals surface area contributed by atoms with Crippen LogP contribution in [0.25, 0.3) is 0 Å². The van der Waals surface area contributed by atoms with Crippen molar-refractivity contribution in [3.63, 3.8) is 0 Å². The number of sulfonamides is 1. The van der Waals surface area contributed by atoms with Crippen molar-refractivity contribution in [2.75, 3.05) is 23.7 Å². The topological polar surface area (TPSA) is 95.6 Å². The molecule has 0 aliphatic carbocycles. The third-order valence-electron chi connectivity index (χ3n) is 5.49. The highest BCUT2D eigenvalue weighted by molar-refractivity contribution is 7.89. The molecule has 1 fully saturated rings. The third kappa shape index (κ3) is 5.29. The molecule has 7 nitrogen and oxygen atoms in total. The van der Waals surface area contributed by atoms with Crippen LogP contribution in [-0.2, 0) is 19.6 Å². The summed E-state index contributed by atoms with van der Waals surface area (Å²) in [5.41, 5.74) is 2.27. The molecule has 1 aliphatic heterocycles. The SMILES string of the molecule is CC(=O)Nc1ccc(F)c(NC(=O)C2CCN(S(=O)(=O)c3ccc(C)c(C)c3)CC2)c1. The first-order chi connectivity index (χ1) is 14.6. The number of nitrogens with zero attached hydrogens (tertiary/aromatic N) is 1. The third-order valence-corrected chi connectivity index (χ3v) is 7.38. The Morgan fingerprint density at radius 2 is 1.68 bits per heavy atom. The summed E-state index contributed by atoms with van der Waals surface area (Å²) < 4.78 is 41.3. The molecule has 2 aromatic rings. The molecule has 1 heterocycles. The maximum Gasteiger partial charge on any atom is 0.243 e. The second-order valence-corrected chi connectivity index (χ2v) is 9.73. The molecule has 0 atom stereocenters. The van der Waals surface area contributed by atoms with Crippen LogP contribution in [0.2, 0.25) is 0 Å². The zero-order valence-corrected chi connectivity index (χ0v) is 18.6. The molecule has 1 saturated heterocycles. The summed E-state index contributed by atoms with van der Waals surface area (Å²) >= 11 is 0. The van der Waals surface area contributed by atoms with Crippen LogP contribution in [0.4, 0.5) is 15.8 Å². The van der Waals surface area contributed by atoms with Gasteiger partial charge in [-0.3, -0.25) is 9.59 Å². The van der Waals surface area contributed by atoms with Gasteiger partial charge in [-0.25, -0.2) is 12.8 Å². The van der Waals surface area contributed by atoms with Gasteiger partial charge in [0.05, 0.1) is 10.6 Å². The van der Waals surface area contributed by atoms with Crippen molar-refractivity contribution in [2.45, 2.75) is 38.5 Å². The number of amides is 2. The predicted molar refractivity (Wildman–Crippen MR) is 117 cm³/mol. The number of carbonyl (C=O) groups excluding carboxylic acids is 2. The summed E-state index contributed by atoms with van der Waals surface area (Å²) in [6.07, 6.45) is 0.672. The number of aryl methyl sites for hydroxylation is 2. The Kier molecular flexibility index (Phi) is 6.76. The van der Waals surface area contributed by atoms with E-state index in [1.54, 1.807) is 18.2 Å². The zero-order chi connectivity index (χ0) is 22.8. The first-order valence-electron chi connectivity index (χ1n) is 10.0. The van der Waals surface area contributed by atoms with Crippen molar-refractivity contribution < 1.29 is 22.4 Å². The standard InChI is InChI=1S/C22H26FN3O4S/c1-14-4-6-19(12-15(14)2)31(29,30)26-10-8-17(9-11-26)22(28)25-21-13-18(24-16(3)27)5-7-20(21)23/h4-7,12-13,17H,8-11H2,1-3H3,(H,24,27)(H,25,28). The fraction of sp³-hybridized carbons (Fsp3) is 0.364. The molecule has 0 radical (unpaired) electrons. The van der Waals surface area contributed by atoms with Gasteiger partial charge >= 0.3 is 0 Å². The molecule has 31 heavy (non-hydrogen) atoms. The normalized spacial score (nSPS) is 15.5. The Morgan fingerprint density at radius 1 is 1.00 bits per heavy atom. The average Bonchev–Trinajstić information content (AvgIpc) is 2.72. The molecule has 166 valence electrons. The van der Waals surface area contributed by atoms with Crippen LogP contribution in [0.5, 0.6) is 0 Å². The summed E-state index contributed by atoms with van der Waals surface area (Å²) in [6, 6.07) is 8.97. The van der Waals surface area contributed by atoms with Crippen molar-refractivity contribution in [1.82, 2.24) is 4.31 Å². The van der Waals surface area contributed by atoms with Crippen LogP contribution >= 0.6 is 0 Å². The Morgan fingerprint density at radius 3 is 2.29 bits per heavy atom. The molecule has 2 N–H and O–H groups in total. The maximum atomic E-state index is 14.1. The molecule has 1 aliphatic rings. The van der Waals surface area contributed by atoms with E-state index in [0.717, 1.165) is 11.1 Å². The van der Waals surface area contributed by atoms with Crippen molar-refractivity contribution in [2.24, 2.45) is 5.92 Å². The predicted octanol–water partition coefficient (Wildman–Crippen LogP) is 3.44. The monoisotopic (exact) mass is 447 g/mol. The minimum absolute atomic E-state index is 0.0265. The van der Waals surface area contributed by atoms with E-state index in [2.05, 4.69) is 10.6 Å². The highest BCUT2D eigenvalue weighted by Crippen LogP contribution is 2.27. The molecule has 3 rings (SSSR count). The minimum Gasteiger partial charge on any atom is -0.326 e. The maximum absolute atomic E-state index is 14.1. The van der Waals surface area contributed by atoms with E-state index in [1.807, 2.05) is 13.8 Å². The van der Waals surface area contributed by atoms with Crippen LogP contribution in [0.3, 0.4) is 0 Å². The zero-order valence-electron chi connectivity index (χ0n) is 17.7. The van der Waals surface area contributed by atoms with Gasteiger partial charge in [0.2, 0.25) is 21.8 Å². The number of anilines is 2. The Balaban J connectivity index is 1.65. The van der Waals surface area contributed by atoms with Gasteiger partial charge in [-0.2, -0.15) is 4.31 Å².